The summed E-state index contributed by atoms with van der Waals surface area (Å²) in [5, 5.41) is 9.65. The summed E-state index contributed by atoms with van der Waals surface area (Å²) in [6.45, 7) is 0. The Bertz CT molecular complexity index is 915. The number of ketones is 1. The molecule has 0 aliphatic heterocycles. The van der Waals surface area contributed by atoms with Crippen LogP contribution in [-0.4, -0.2) is 21.9 Å². The highest BCUT2D eigenvalue weighted by Gasteiger charge is 2.27. The molecular weight excluding hydrogens is 302 g/mol. The number of nitrogens with zero attached hydrogens (tertiary/aromatic N) is 1. The molecule has 5 heteroatoms. The molecule has 1 aliphatic rings. The number of amides is 1. The lowest BCUT2D eigenvalue weighted by Gasteiger charge is -2.12. The molecule has 2 aromatic carbocycles. The van der Waals surface area contributed by atoms with Gasteiger partial charge in [0.05, 0.1) is 11.9 Å². The number of carbonyl (C=O) groups is 2. The molecular formula is C19H15N3O2. The van der Waals surface area contributed by atoms with Crippen LogP contribution in [0, 0.1) is 0 Å². The number of H-pyrrole nitrogens is 1. The van der Waals surface area contributed by atoms with E-state index in [1.54, 1.807) is 30.6 Å². The Morgan fingerprint density at radius 3 is 2.67 bits per heavy atom. The van der Waals surface area contributed by atoms with E-state index < -0.39 is 0 Å². The Morgan fingerprint density at radius 2 is 1.92 bits per heavy atom. The van der Waals surface area contributed by atoms with Gasteiger partial charge in [-0.25, -0.2) is 0 Å². The summed E-state index contributed by atoms with van der Waals surface area (Å²) in [5.41, 5.74) is 4.68. The van der Waals surface area contributed by atoms with Crippen LogP contribution >= 0.6 is 0 Å². The summed E-state index contributed by atoms with van der Waals surface area (Å²) < 4.78 is 0. The van der Waals surface area contributed by atoms with Crippen LogP contribution in [0.4, 0.5) is 5.69 Å². The fraction of sp³-hybridized carbons (Fsp3) is 0.105. The van der Waals surface area contributed by atoms with Crippen LogP contribution < -0.4 is 5.32 Å². The fourth-order valence-electron chi connectivity index (χ4n) is 3.15. The Balaban J connectivity index is 1.74. The van der Waals surface area contributed by atoms with Crippen LogP contribution in [0.1, 0.15) is 32.7 Å². The maximum Gasteiger partial charge on any atom is 0.255 e. The summed E-state index contributed by atoms with van der Waals surface area (Å²) >= 11 is 0. The largest absolute Gasteiger partial charge is 0.321 e. The third-order valence-electron chi connectivity index (χ3n) is 4.29. The highest BCUT2D eigenvalue weighted by Crippen LogP contribution is 2.36. The second-order valence-electron chi connectivity index (χ2n) is 5.74. The summed E-state index contributed by atoms with van der Waals surface area (Å²) in [5.74, 6) is -0.146. The second kappa shape index (κ2) is 5.77. The second-order valence-corrected chi connectivity index (χ2v) is 5.74. The molecule has 0 atom stereocenters. The van der Waals surface area contributed by atoms with E-state index in [1.807, 2.05) is 24.3 Å². The van der Waals surface area contributed by atoms with Crippen LogP contribution in [0.5, 0.6) is 0 Å². The molecule has 0 saturated carbocycles. The van der Waals surface area contributed by atoms with Crippen molar-refractivity contribution in [3.8, 4) is 11.1 Å². The third kappa shape index (κ3) is 2.40. The Morgan fingerprint density at radius 1 is 1.08 bits per heavy atom. The normalized spacial score (nSPS) is 12.9. The zero-order chi connectivity index (χ0) is 16.5. The van der Waals surface area contributed by atoms with Crippen molar-refractivity contribution in [2.24, 2.45) is 0 Å². The first-order chi connectivity index (χ1) is 11.7. The maximum absolute atomic E-state index is 12.4. The van der Waals surface area contributed by atoms with Gasteiger partial charge in [-0.15, -0.1) is 0 Å². The van der Waals surface area contributed by atoms with Crippen molar-refractivity contribution in [1.82, 2.24) is 10.2 Å². The van der Waals surface area contributed by atoms with Crippen LogP contribution in [0.25, 0.3) is 11.1 Å². The molecule has 5 nitrogen and oxygen atoms in total. The number of Topliss-reactive ketones (excluding diaryl/α,β-unsaturated/α-hetero) is 1. The average molecular weight is 317 g/mol. The number of fused-ring (bicyclic) bond motifs is 1. The minimum absolute atomic E-state index is 0.0682. The summed E-state index contributed by atoms with van der Waals surface area (Å²) in [6, 6.07) is 12.7. The van der Waals surface area contributed by atoms with E-state index in [2.05, 4.69) is 15.5 Å². The minimum atomic E-state index is -0.214. The Labute approximate surface area is 138 Å². The number of hydrogen-bond donors (Lipinski definition) is 2. The van der Waals surface area contributed by atoms with Gasteiger partial charge in [0.15, 0.2) is 5.78 Å². The molecule has 1 aliphatic carbocycles. The lowest BCUT2D eigenvalue weighted by atomic mass is 9.97. The van der Waals surface area contributed by atoms with Crippen LogP contribution in [0.3, 0.4) is 0 Å². The molecule has 3 aromatic rings. The summed E-state index contributed by atoms with van der Waals surface area (Å²) in [4.78, 5) is 24.7. The molecule has 0 unspecified atom stereocenters. The first kappa shape index (κ1) is 14.4. The van der Waals surface area contributed by atoms with Gasteiger partial charge in [-0.3, -0.25) is 14.7 Å². The van der Waals surface area contributed by atoms with Gasteiger partial charge >= 0.3 is 0 Å². The molecule has 118 valence electrons. The number of benzene rings is 2. The third-order valence-corrected chi connectivity index (χ3v) is 4.29. The number of hydrogen-bond acceptors (Lipinski definition) is 3. The monoisotopic (exact) mass is 317 g/mol. The number of anilines is 1. The number of nitrogens with one attached hydrogen (secondary N) is 2. The van der Waals surface area contributed by atoms with Crippen molar-refractivity contribution in [3.05, 3.63) is 71.5 Å². The lowest BCUT2D eigenvalue weighted by molar-refractivity contribution is 0.0995. The Hall–Kier alpha value is -3.21. The standard InChI is InChI=1S/C19H15N3O2/c23-17-9-7-15-14(13-10-20-21-11-13)6-8-16(18(15)17)22-19(24)12-4-2-1-3-5-12/h1-6,8,10-11H,7,9H2,(H,20,21)(H,22,24). The molecule has 1 heterocycles. The van der Waals surface area contributed by atoms with Gasteiger partial charge in [-0.05, 0) is 35.7 Å². The van der Waals surface area contributed by atoms with E-state index in [0.717, 1.165) is 16.7 Å². The van der Waals surface area contributed by atoms with Crippen molar-refractivity contribution in [1.29, 1.82) is 0 Å². The van der Waals surface area contributed by atoms with Gasteiger partial charge in [0.25, 0.3) is 5.91 Å². The topological polar surface area (TPSA) is 74.8 Å². The fourth-order valence-corrected chi connectivity index (χ4v) is 3.15. The Kier molecular flexibility index (Phi) is 3.46. The SMILES string of the molecule is O=C(Nc1ccc(-c2cn[nH]c2)c2c1C(=O)CC2)c1ccccc1. The molecule has 0 saturated heterocycles. The number of aromatic nitrogens is 2. The molecule has 0 bridgehead atoms. The highest BCUT2D eigenvalue weighted by atomic mass is 16.1. The zero-order valence-corrected chi connectivity index (χ0v) is 12.9. The van der Waals surface area contributed by atoms with Crippen LogP contribution in [0.15, 0.2) is 54.9 Å². The van der Waals surface area contributed by atoms with E-state index in [0.29, 0.717) is 29.7 Å². The molecule has 4 rings (SSSR count). The minimum Gasteiger partial charge on any atom is -0.321 e. The van der Waals surface area contributed by atoms with Gasteiger partial charge in [-0.1, -0.05) is 24.3 Å². The van der Waals surface area contributed by atoms with Gasteiger partial charge in [-0.2, -0.15) is 5.10 Å². The quantitative estimate of drug-likeness (QED) is 0.777. The number of aromatic amines is 1. The smallest absolute Gasteiger partial charge is 0.255 e. The van der Waals surface area contributed by atoms with Gasteiger partial charge in [0, 0.05) is 29.3 Å². The zero-order valence-electron chi connectivity index (χ0n) is 12.9. The number of rotatable bonds is 3. The first-order valence-electron chi connectivity index (χ1n) is 7.78. The molecule has 1 aromatic heterocycles. The van der Waals surface area contributed by atoms with E-state index in [9.17, 15) is 9.59 Å². The van der Waals surface area contributed by atoms with Crippen molar-refractivity contribution >= 4 is 17.4 Å². The molecule has 24 heavy (non-hydrogen) atoms. The van der Waals surface area contributed by atoms with Gasteiger partial charge in [0.2, 0.25) is 0 Å². The molecule has 1 amide bonds. The van der Waals surface area contributed by atoms with Gasteiger partial charge in [0.1, 0.15) is 0 Å². The summed E-state index contributed by atoms with van der Waals surface area (Å²) in [7, 11) is 0. The van der Waals surface area contributed by atoms with Crippen molar-refractivity contribution in [2.75, 3.05) is 5.32 Å². The van der Waals surface area contributed by atoms with E-state index in [-0.39, 0.29) is 11.7 Å². The molecule has 0 fully saturated rings. The predicted molar refractivity (Wildman–Crippen MR) is 91.1 cm³/mol. The van der Waals surface area contributed by atoms with Crippen LogP contribution in [-0.2, 0) is 6.42 Å². The average Bonchev–Trinajstić information content (AvgIpc) is 3.27. The van der Waals surface area contributed by atoms with E-state index in [1.165, 1.54) is 0 Å². The van der Waals surface area contributed by atoms with Crippen LogP contribution in [0.2, 0.25) is 0 Å². The predicted octanol–water partition coefficient (Wildman–Crippen LogP) is 3.46. The van der Waals surface area contributed by atoms with Crippen molar-refractivity contribution in [2.45, 2.75) is 12.8 Å². The van der Waals surface area contributed by atoms with E-state index in [4.69, 9.17) is 0 Å². The molecule has 2 N–H and O–H groups in total. The first-order valence-corrected chi connectivity index (χ1v) is 7.78. The maximum atomic E-state index is 12.4. The van der Waals surface area contributed by atoms with Crippen molar-refractivity contribution in [3.63, 3.8) is 0 Å². The highest BCUT2D eigenvalue weighted by molar-refractivity contribution is 6.12. The lowest BCUT2D eigenvalue weighted by Crippen LogP contribution is -2.14. The number of carbonyl (C=O) groups excluding carboxylic acids is 2. The molecule has 0 radical (unpaired) electrons. The molecule has 0 spiro atoms. The van der Waals surface area contributed by atoms with Crippen molar-refractivity contribution < 1.29 is 9.59 Å². The summed E-state index contributed by atoms with van der Waals surface area (Å²) in [6.07, 6.45) is 4.70. The van der Waals surface area contributed by atoms with E-state index >= 15 is 0 Å². The van der Waals surface area contributed by atoms with Gasteiger partial charge < -0.3 is 5.32 Å².